The van der Waals surface area contributed by atoms with Crippen molar-refractivity contribution in [1.29, 1.82) is 0 Å². The second-order valence-corrected chi connectivity index (χ2v) is 5.92. The molecule has 1 saturated heterocycles. The van der Waals surface area contributed by atoms with Gasteiger partial charge in [0.2, 0.25) is 5.89 Å². The monoisotopic (exact) mass is 326 g/mol. The van der Waals surface area contributed by atoms with E-state index in [1.54, 1.807) is 6.92 Å². The normalized spacial score (nSPS) is 22.1. The van der Waals surface area contributed by atoms with Crippen LogP contribution in [0, 0.1) is 6.92 Å². The number of nitrogens with zero attached hydrogens (tertiary/aromatic N) is 5. The second kappa shape index (κ2) is 6.44. The lowest BCUT2D eigenvalue weighted by Gasteiger charge is -2.22. The number of carbonyl (C=O) groups is 1. The molecular formula is C12H15FN6O2S. The van der Waals surface area contributed by atoms with Gasteiger partial charge in [-0.2, -0.15) is 4.98 Å². The molecule has 0 radical (unpaired) electrons. The van der Waals surface area contributed by atoms with Crippen molar-refractivity contribution in [1.82, 2.24) is 29.9 Å². The zero-order valence-corrected chi connectivity index (χ0v) is 12.7. The van der Waals surface area contributed by atoms with E-state index in [1.807, 2.05) is 4.90 Å². The number of hydrogen-bond acceptors (Lipinski definition) is 8. The van der Waals surface area contributed by atoms with Gasteiger partial charge < -0.3 is 9.84 Å². The quantitative estimate of drug-likeness (QED) is 0.858. The van der Waals surface area contributed by atoms with Crippen molar-refractivity contribution in [3.8, 4) is 0 Å². The van der Waals surface area contributed by atoms with Gasteiger partial charge in [-0.05, 0) is 18.0 Å². The highest BCUT2D eigenvalue weighted by atomic mass is 32.1. The van der Waals surface area contributed by atoms with Crippen LogP contribution in [-0.4, -0.2) is 55.8 Å². The first kappa shape index (κ1) is 15.0. The summed E-state index contributed by atoms with van der Waals surface area (Å²) in [5.41, 5.74) is 0. The molecule has 0 spiro atoms. The van der Waals surface area contributed by atoms with Crippen LogP contribution < -0.4 is 5.32 Å². The molecule has 0 aliphatic carbocycles. The van der Waals surface area contributed by atoms with E-state index >= 15 is 0 Å². The molecule has 2 aromatic rings. The van der Waals surface area contributed by atoms with Crippen LogP contribution in [0.15, 0.2) is 10.7 Å². The van der Waals surface area contributed by atoms with Gasteiger partial charge in [-0.1, -0.05) is 9.64 Å². The third-order valence-electron chi connectivity index (χ3n) is 3.47. The molecule has 2 atom stereocenters. The van der Waals surface area contributed by atoms with Gasteiger partial charge in [-0.15, -0.1) is 5.10 Å². The zero-order valence-electron chi connectivity index (χ0n) is 11.9. The molecule has 0 aromatic carbocycles. The Balaban J connectivity index is 1.57. The van der Waals surface area contributed by atoms with Gasteiger partial charge in [0.1, 0.15) is 11.0 Å². The average molecular weight is 326 g/mol. The van der Waals surface area contributed by atoms with Crippen molar-refractivity contribution < 1.29 is 13.7 Å². The lowest BCUT2D eigenvalue weighted by atomic mass is 10.2. The molecule has 1 amide bonds. The minimum Gasteiger partial charge on any atom is -0.350 e. The van der Waals surface area contributed by atoms with Gasteiger partial charge in [-0.3, -0.25) is 9.69 Å². The molecule has 0 unspecified atom stereocenters. The van der Waals surface area contributed by atoms with Gasteiger partial charge in [0.05, 0.1) is 12.7 Å². The van der Waals surface area contributed by atoms with E-state index < -0.39 is 6.17 Å². The molecule has 1 aliphatic rings. The van der Waals surface area contributed by atoms with Crippen molar-refractivity contribution in [2.45, 2.75) is 32.1 Å². The number of nitrogens with one attached hydrogen (secondary N) is 1. The van der Waals surface area contributed by atoms with Crippen molar-refractivity contribution in [3.63, 3.8) is 0 Å². The Morgan fingerprint density at radius 3 is 3.18 bits per heavy atom. The lowest BCUT2D eigenvalue weighted by molar-refractivity contribution is 0.0943. The van der Waals surface area contributed by atoms with E-state index in [2.05, 4.69) is 25.0 Å². The van der Waals surface area contributed by atoms with Crippen LogP contribution in [0.3, 0.4) is 0 Å². The van der Waals surface area contributed by atoms with Crippen LogP contribution in [0.2, 0.25) is 0 Å². The summed E-state index contributed by atoms with van der Waals surface area (Å²) in [6, 6.07) is -0.0985. The number of rotatable bonds is 5. The number of halogens is 1. The molecule has 1 fully saturated rings. The van der Waals surface area contributed by atoms with Crippen LogP contribution in [0.1, 0.15) is 27.8 Å². The fraction of sp³-hybridized carbons (Fsp3) is 0.583. The van der Waals surface area contributed by atoms with Crippen LogP contribution >= 0.6 is 11.5 Å². The lowest BCUT2D eigenvalue weighted by Crippen LogP contribution is -2.39. The Bertz CT molecular complexity index is 633. The minimum absolute atomic E-state index is 0.0985. The molecule has 3 heterocycles. The number of carbonyl (C=O) groups excluding carboxylic acids is 1. The van der Waals surface area contributed by atoms with Gasteiger partial charge in [-0.25, -0.2) is 4.39 Å². The molecule has 10 heteroatoms. The van der Waals surface area contributed by atoms with E-state index in [-0.39, 0.29) is 11.9 Å². The fourth-order valence-electron chi connectivity index (χ4n) is 2.48. The molecule has 1 aliphatic heterocycles. The van der Waals surface area contributed by atoms with Crippen molar-refractivity contribution in [2.75, 3.05) is 13.1 Å². The first-order valence-corrected chi connectivity index (χ1v) is 7.62. The summed E-state index contributed by atoms with van der Waals surface area (Å²) in [7, 11) is 0. The molecule has 2 aromatic heterocycles. The maximum atomic E-state index is 13.7. The SMILES string of the molecule is Cc1nc(CN2C[C@@H](F)C[C@H]2CNC(=O)c2cnns2)no1. The molecule has 1 N–H and O–H groups in total. The van der Waals surface area contributed by atoms with E-state index in [0.717, 1.165) is 11.5 Å². The summed E-state index contributed by atoms with van der Waals surface area (Å²) >= 11 is 1.03. The molecule has 0 bridgehead atoms. The van der Waals surface area contributed by atoms with E-state index in [9.17, 15) is 9.18 Å². The number of hydrogen-bond donors (Lipinski definition) is 1. The summed E-state index contributed by atoms with van der Waals surface area (Å²) in [6.45, 7) is 2.77. The highest BCUT2D eigenvalue weighted by Gasteiger charge is 2.33. The predicted octanol–water partition coefficient (Wildman–Crippen LogP) is 0.572. The molecule has 8 nitrogen and oxygen atoms in total. The van der Waals surface area contributed by atoms with Crippen LogP contribution in [0.5, 0.6) is 0 Å². The Kier molecular flexibility index (Phi) is 4.39. The number of aryl methyl sites for hydroxylation is 1. The molecule has 118 valence electrons. The van der Waals surface area contributed by atoms with E-state index in [4.69, 9.17) is 4.52 Å². The number of amides is 1. The third-order valence-corrected chi connectivity index (χ3v) is 4.14. The molecule has 3 rings (SSSR count). The van der Waals surface area contributed by atoms with E-state index in [1.165, 1.54) is 6.20 Å². The van der Waals surface area contributed by atoms with Crippen LogP contribution in [0.4, 0.5) is 4.39 Å². The molecular weight excluding hydrogens is 311 g/mol. The van der Waals surface area contributed by atoms with E-state index in [0.29, 0.717) is 42.6 Å². The predicted molar refractivity (Wildman–Crippen MR) is 75.0 cm³/mol. The Labute approximate surface area is 129 Å². The highest BCUT2D eigenvalue weighted by molar-refractivity contribution is 7.07. The second-order valence-electron chi connectivity index (χ2n) is 5.14. The van der Waals surface area contributed by atoms with Gasteiger partial charge in [0.25, 0.3) is 5.91 Å². The average Bonchev–Trinajstić information content (AvgIpc) is 3.19. The van der Waals surface area contributed by atoms with Gasteiger partial charge in [0, 0.05) is 26.1 Å². The maximum absolute atomic E-state index is 13.7. The van der Waals surface area contributed by atoms with Crippen molar-refractivity contribution >= 4 is 17.4 Å². The summed E-state index contributed by atoms with van der Waals surface area (Å²) in [4.78, 5) is 18.4. The third kappa shape index (κ3) is 3.45. The van der Waals surface area contributed by atoms with Gasteiger partial charge >= 0.3 is 0 Å². The first-order chi connectivity index (χ1) is 10.6. The molecule has 22 heavy (non-hydrogen) atoms. The largest absolute Gasteiger partial charge is 0.350 e. The Morgan fingerprint density at radius 1 is 1.64 bits per heavy atom. The summed E-state index contributed by atoms with van der Waals surface area (Å²) < 4.78 is 22.3. The topological polar surface area (TPSA) is 97.0 Å². The number of aromatic nitrogens is 4. The minimum atomic E-state index is -0.917. The van der Waals surface area contributed by atoms with Crippen LogP contribution in [0.25, 0.3) is 0 Å². The van der Waals surface area contributed by atoms with Crippen molar-refractivity contribution in [2.24, 2.45) is 0 Å². The summed E-state index contributed by atoms with van der Waals surface area (Å²) in [5, 5.41) is 10.2. The summed E-state index contributed by atoms with van der Waals surface area (Å²) in [6.07, 6.45) is 0.866. The standard InChI is InChI=1S/C12H15FN6O2S/c1-7-16-11(17-21-7)6-19-5-8(13)2-9(19)3-14-12(20)10-4-15-18-22-10/h4,8-9H,2-3,5-6H2,1H3,(H,14,20)/t8-,9-/m0/s1. The smallest absolute Gasteiger partial charge is 0.264 e. The maximum Gasteiger partial charge on any atom is 0.264 e. The first-order valence-electron chi connectivity index (χ1n) is 6.84. The van der Waals surface area contributed by atoms with Gasteiger partial charge in [0.15, 0.2) is 5.82 Å². The van der Waals surface area contributed by atoms with Crippen molar-refractivity contribution in [3.05, 3.63) is 22.8 Å². The summed E-state index contributed by atoms with van der Waals surface area (Å²) in [5.74, 6) is 0.760. The highest BCUT2D eigenvalue weighted by Crippen LogP contribution is 2.21. The zero-order chi connectivity index (χ0) is 15.5. The van der Waals surface area contributed by atoms with Crippen LogP contribution in [-0.2, 0) is 6.54 Å². The number of alkyl halides is 1. The fourth-order valence-corrected chi connectivity index (χ4v) is 2.91. The molecule has 0 saturated carbocycles. The Hall–Kier alpha value is -1.94. The Morgan fingerprint density at radius 2 is 2.50 bits per heavy atom. The number of likely N-dealkylation sites (tertiary alicyclic amines) is 1.